The van der Waals surface area contributed by atoms with E-state index in [1.165, 1.54) is 38.5 Å². The largest absolute Gasteiger partial charge is 0.478 e. The van der Waals surface area contributed by atoms with Gasteiger partial charge in [0.15, 0.2) is 0 Å². The minimum Gasteiger partial charge on any atom is -0.478 e. The number of hydrogen-bond donors (Lipinski definition) is 4. The quantitative estimate of drug-likeness (QED) is 0.152. The third-order valence-corrected chi connectivity index (χ3v) is 4.81. The van der Waals surface area contributed by atoms with E-state index in [1.54, 1.807) is 0 Å². The predicted molar refractivity (Wildman–Crippen MR) is 123 cm³/mol. The first-order chi connectivity index (χ1) is 15.2. The van der Waals surface area contributed by atoms with Crippen molar-refractivity contribution < 1.29 is 39.6 Å². The molecule has 0 atom stereocenters. The van der Waals surface area contributed by atoms with Crippen molar-refractivity contribution in [2.24, 2.45) is 0 Å². The molecule has 8 heteroatoms. The second-order valence-electron chi connectivity index (χ2n) is 7.61. The fourth-order valence-corrected chi connectivity index (χ4v) is 3.08. The Morgan fingerprint density at radius 3 is 1.03 bits per heavy atom. The first-order valence-electron chi connectivity index (χ1n) is 11.5. The maximum atomic E-state index is 11.5. The van der Waals surface area contributed by atoms with Gasteiger partial charge in [-0.15, -0.1) is 0 Å². The Kier molecular flexibility index (Phi) is 21.3. The van der Waals surface area contributed by atoms with E-state index < -0.39 is 23.9 Å². The van der Waals surface area contributed by atoms with E-state index in [4.69, 9.17) is 10.2 Å². The van der Waals surface area contributed by atoms with Gasteiger partial charge in [0.05, 0.1) is 0 Å². The van der Waals surface area contributed by atoms with E-state index >= 15 is 0 Å². The fraction of sp³-hybridized carbons (Fsp3) is 0.667. The van der Waals surface area contributed by atoms with Gasteiger partial charge in [-0.05, 0) is 25.7 Å². The van der Waals surface area contributed by atoms with Crippen LogP contribution in [0, 0.1) is 0 Å². The van der Waals surface area contributed by atoms with Gasteiger partial charge in [-0.25, -0.2) is 19.2 Å². The number of unbranched alkanes of at least 4 members (excludes halogenated alkanes) is 10. The van der Waals surface area contributed by atoms with Crippen molar-refractivity contribution in [3.05, 3.63) is 23.3 Å². The van der Waals surface area contributed by atoms with Gasteiger partial charge in [0.25, 0.3) is 0 Å². The molecule has 0 aliphatic rings. The monoisotopic (exact) mass is 456 g/mol. The van der Waals surface area contributed by atoms with Crippen LogP contribution in [0.4, 0.5) is 0 Å². The minimum absolute atomic E-state index is 0.117. The van der Waals surface area contributed by atoms with Crippen LogP contribution in [0.1, 0.15) is 104 Å². The normalized spacial score (nSPS) is 11.4. The fourth-order valence-electron chi connectivity index (χ4n) is 3.08. The Hall–Kier alpha value is -2.64. The zero-order valence-corrected chi connectivity index (χ0v) is 19.5. The number of hydrogen-bond acceptors (Lipinski definition) is 4. The van der Waals surface area contributed by atoms with Crippen molar-refractivity contribution in [1.82, 2.24) is 0 Å². The average Bonchev–Trinajstić information content (AvgIpc) is 2.72. The minimum atomic E-state index is -1.26. The molecule has 4 N–H and O–H groups in total. The summed E-state index contributed by atoms with van der Waals surface area (Å²) < 4.78 is 0. The molecule has 0 aliphatic heterocycles. The number of carboxylic acid groups (broad SMARTS) is 4. The highest BCUT2D eigenvalue weighted by Crippen LogP contribution is 2.21. The SMILES string of the molecule is CCCCCCCCC(C(=O)O)=C(CCCCCCCC)C(=O)O.O=C(O)C=CC(=O)O. The molecule has 0 spiro atoms. The Balaban J connectivity index is 0. The smallest absolute Gasteiger partial charge is 0.332 e. The van der Waals surface area contributed by atoms with Gasteiger partial charge in [-0.2, -0.15) is 0 Å². The summed E-state index contributed by atoms with van der Waals surface area (Å²) in [6.45, 7) is 4.32. The molecule has 0 radical (unpaired) electrons. The van der Waals surface area contributed by atoms with E-state index in [0.717, 1.165) is 38.5 Å². The van der Waals surface area contributed by atoms with Crippen LogP contribution in [-0.4, -0.2) is 44.3 Å². The zero-order valence-electron chi connectivity index (χ0n) is 19.5. The summed E-state index contributed by atoms with van der Waals surface area (Å²) in [6, 6.07) is 0. The van der Waals surface area contributed by atoms with Crippen molar-refractivity contribution in [3.8, 4) is 0 Å². The lowest BCUT2D eigenvalue weighted by Crippen LogP contribution is -2.12. The van der Waals surface area contributed by atoms with Gasteiger partial charge in [-0.1, -0.05) is 78.1 Å². The van der Waals surface area contributed by atoms with Crippen LogP contribution in [0.3, 0.4) is 0 Å². The van der Waals surface area contributed by atoms with Crippen molar-refractivity contribution >= 4 is 23.9 Å². The highest BCUT2D eigenvalue weighted by molar-refractivity contribution is 5.98. The van der Waals surface area contributed by atoms with Gasteiger partial charge in [0, 0.05) is 23.3 Å². The Bertz CT molecular complexity index is 567. The number of rotatable bonds is 18. The molecule has 0 aromatic rings. The molecular formula is C24H40O8. The molecule has 0 aliphatic carbocycles. The number of aliphatic carboxylic acids is 4. The molecule has 0 unspecified atom stereocenters. The highest BCUT2D eigenvalue weighted by atomic mass is 16.4. The van der Waals surface area contributed by atoms with E-state index in [-0.39, 0.29) is 11.1 Å². The van der Waals surface area contributed by atoms with E-state index in [2.05, 4.69) is 13.8 Å². The van der Waals surface area contributed by atoms with Crippen molar-refractivity contribution in [3.63, 3.8) is 0 Å². The summed E-state index contributed by atoms with van der Waals surface area (Å²) in [5, 5.41) is 34.4. The Morgan fingerprint density at radius 1 is 0.500 bits per heavy atom. The molecule has 0 heterocycles. The van der Waals surface area contributed by atoms with Crippen molar-refractivity contribution in [2.45, 2.75) is 104 Å². The van der Waals surface area contributed by atoms with Gasteiger partial charge in [0.1, 0.15) is 0 Å². The molecule has 0 bridgehead atoms. The second kappa shape index (κ2) is 21.6. The van der Waals surface area contributed by atoms with Crippen molar-refractivity contribution in [1.29, 1.82) is 0 Å². The molecule has 0 saturated carbocycles. The van der Waals surface area contributed by atoms with Crippen LogP contribution in [-0.2, 0) is 19.2 Å². The van der Waals surface area contributed by atoms with E-state index in [0.29, 0.717) is 25.0 Å². The van der Waals surface area contributed by atoms with Crippen LogP contribution >= 0.6 is 0 Å². The first kappa shape index (κ1) is 31.5. The van der Waals surface area contributed by atoms with Crippen LogP contribution in [0.5, 0.6) is 0 Å². The topological polar surface area (TPSA) is 149 Å². The van der Waals surface area contributed by atoms with Crippen LogP contribution in [0.2, 0.25) is 0 Å². The van der Waals surface area contributed by atoms with Gasteiger partial charge < -0.3 is 20.4 Å². The van der Waals surface area contributed by atoms with Crippen LogP contribution < -0.4 is 0 Å². The molecule has 0 saturated heterocycles. The number of carbonyl (C=O) groups is 4. The molecule has 184 valence electrons. The lowest BCUT2D eigenvalue weighted by molar-refractivity contribution is -0.136. The summed E-state index contributed by atoms with van der Waals surface area (Å²) in [7, 11) is 0. The molecule has 8 nitrogen and oxygen atoms in total. The third kappa shape index (κ3) is 20.6. The summed E-state index contributed by atoms with van der Waals surface area (Å²) >= 11 is 0. The number of carboxylic acids is 4. The van der Waals surface area contributed by atoms with Crippen LogP contribution in [0.25, 0.3) is 0 Å². The summed E-state index contributed by atoms with van der Waals surface area (Å²) in [5.41, 5.74) is 0.234. The standard InChI is InChI=1S/C20H36O4.C4H4O4/c1-3-5-7-9-11-13-15-17(19(21)22)18(20(23)24)16-14-12-10-8-6-4-2;5-3(6)1-2-4(7)8/h3-16H2,1-2H3,(H,21,22)(H,23,24);1-2H,(H,5,6)(H,7,8). The molecular weight excluding hydrogens is 416 g/mol. The van der Waals surface area contributed by atoms with E-state index in [1.807, 2.05) is 0 Å². The second-order valence-corrected chi connectivity index (χ2v) is 7.61. The molecule has 32 heavy (non-hydrogen) atoms. The lowest BCUT2D eigenvalue weighted by Gasteiger charge is -2.09. The first-order valence-corrected chi connectivity index (χ1v) is 11.5. The molecule has 0 fully saturated rings. The van der Waals surface area contributed by atoms with Gasteiger partial charge >= 0.3 is 23.9 Å². The third-order valence-electron chi connectivity index (χ3n) is 4.81. The molecule has 0 aromatic carbocycles. The lowest BCUT2D eigenvalue weighted by atomic mass is 9.96. The van der Waals surface area contributed by atoms with Crippen LogP contribution in [0.15, 0.2) is 23.3 Å². The zero-order chi connectivity index (χ0) is 24.8. The van der Waals surface area contributed by atoms with Gasteiger partial charge in [-0.3, -0.25) is 0 Å². The van der Waals surface area contributed by atoms with Gasteiger partial charge in [0.2, 0.25) is 0 Å². The Labute approximate surface area is 191 Å². The molecule has 0 aromatic heterocycles. The summed E-state index contributed by atoms with van der Waals surface area (Å²) in [6.07, 6.45) is 14.7. The Morgan fingerprint density at radius 2 is 0.781 bits per heavy atom. The highest BCUT2D eigenvalue weighted by Gasteiger charge is 2.19. The van der Waals surface area contributed by atoms with Crippen molar-refractivity contribution in [2.75, 3.05) is 0 Å². The molecule has 0 amide bonds. The summed E-state index contributed by atoms with van der Waals surface area (Å²) in [5.74, 6) is -4.64. The summed E-state index contributed by atoms with van der Waals surface area (Å²) in [4.78, 5) is 42.0. The average molecular weight is 457 g/mol. The van der Waals surface area contributed by atoms with E-state index in [9.17, 15) is 29.4 Å². The maximum absolute atomic E-state index is 11.5. The maximum Gasteiger partial charge on any atom is 0.332 e. The molecule has 0 rings (SSSR count). The predicted octanol–water partition coefficient (Wildman–Crippen LogP) is 5.67.